The van der Waals surface area contributed by atoms with Gasteiger partial charge in [-0.25, -0.2) is 4.98 Å². The number of hydrogen-bond acceptors (Lipinski definition) is 4. The van der Waals surface area contributed by atoms with Crippen LogP contribution in [-0.4, -0.2) is 30.7 Å². The number of anilines is 2. The molecule has 2 rings (SSSR count). The molecule has 0 saturated carbocycles. The van der Waals surface area contributed by atoms with E-state index in [1.165, 1.54) is 0 Å². The number of nitrogens with zero attached hydrogens (tertiary/aromatic N) is 2. The summed E-state index contributed by atoms with van der Waals surface area (Å²) in [6, 6.07) is 9.44. The largest absolute Gasteiger partial charge is 0.349 e. The number of amides is 1. The fraction of sp³-hybridized carbons (Fsp3) is 0.200. The number of para-hydroxylation sites is 1. The van der Waals surface area contributed by atoms with Crippen molar-refractivity contribution >= 4 is 56.7 Å². The highest BCUT2D eigenvalue weighted by Crippen LogP contribution is 2.26. The SMILES string of the molecule is CSc1ccccc1NC(=O)CN(C)c1ncc(Br)cc1Cl. The van der Waals surface area contributed by atoms with Gasteiger partial charge in [-0.3, -0.25) is 4.79 Å². The summed E-state index contributed by atoms with van der Waals surface area (Å²) in [6.45, 7) is 0.164. The third-order valence-electron chi connectivity index (χ3n) is 2.91. The fourth-order valence-corrected chi connectivity index (χ4v) is 3.24. The van der Waals surface area contributed by atoms with Crippen molar-refractivity contribution in [3.05, 3.63) is 46.0 Å². The Kier molecular flexibility index (Phi) is 6.11. The van der Waals surface area contributed by atoms with Gasteiger partial charge >= 0.3 is 0 Å². The van der Waals surface area contributed by atoms with Gasteiger partial charge in [0.2, 0.25) is 5.91 Å². The molecule has 4 nitrogen and oxygen atoms in total. The van der Waals surface area contributed by atoms with Gasteiger partial charge in [0.25, 0.3) is 0 Å². The number of nitrogens with one attached hydrogen (secondary N) is 1. The van der Waals surface area contributed by atoms with Crippen molar-refractivity contribution in [2.24, 2.45) is 0 Å². The summed E-state index contributed by atoms with van der Waals surface area (Å²) in [5.74, 6) is 0.447. The Morgan fingerprint density at radius 2 is 2.18 bits per heavy atom. The molecule has 0 radical (unpaired) electrons. The molecule has 0 unspecified atom stereocenters. The maximum absolute atomic E-state index is 12.2. The molecule has 0 spiro atoms. The minimum absolute atomic E-state index is 0.121. The molecule has 0 aliphatic carbocycles. The monoisotopic (exact) mass is 399 g/mol. The summed E-state index contributed by atoms with van der Waals surface area (Å²) in [4.78, 5) is 19.2. The topological polar surface area (TPSA) is 45.2 Å². The van der Waals surface area contributed by atoms with Crippen LogP contribution in [0.25, 0.3) is 0 Å². The van der Waals surface area contributed by atoms with E-state index in [0.29, 0.717) is 10.8 Å². The second-order valence-electron chi connectivity index (χ2n) is 4.56. The number of pyridine rings is 1. The van der Waals surface area contributed by atoms with E-state index in [9.17, 15) is 4.79 Å². The lowest BCUT2D eigenvalue weighted by molar-refractivity contribution is -0.114. The minimum Gasteiger partial charge on any atom is -0.349 e. The number of halogens is 2. The molecule has 2 aromatic rings. The Balaban J connectivity index is 2.05. The van der Waals surface area contributed by atoms with E-state index in [0.717, 1.165) is 15.1 Å². The zero-order valence-electron chi connectivity index (χ0n) is 12.1. The molecule has 0 bridgehead atoms. The van der Waals surface area contributed by atoms with Gasteiger partial charge in [0.05, 0.1) is 17.3 Å². The molecule has 0 aliphatic rings. The molecule has 0 saturated heterocycles. The molecule has 116 valence electrons. The average molecular weight is 401 g/mol. The summed E-state index contributed by atoms with van der Waals surface area (Å²) >= 11 is 11.0. The normalized spacial score (nSPS) is 10.4. The third kappa shape index (κ3) is 4.38. The van der Waals surface area contributed by atoms with Crippen LogP contribution in [0.3, 0.4) is 0 Å². The van der Waals surface area contributed by atoms with Crippen molar-refractivity contribution in [3.8, 4) is 0 Å². The standard InChI is InChI=1S/C15H15BrClN3OS/c1-20(15-11(17)7-10(16)8-18-15)9-14(21)19-12-5-3-4-6-13(12)22-2/h3-8H,9H2,1-2H3,(H,19,21). The predicted octanol–water partition coefficient (Wildman–Crippen LogP) is 4.29. The lowest BCUT2D eigenvalue weighted by Gasteiger charge is -2.19. The highest BCUT2D eigenvalue weighted by atomic mass is 79.9. The summed E-state index contributed by atoms with van der Waals surface area (Å²) in [5.41, 5.74) is 0.809. The smallest absolute Gasteiger partial charge is 0.243 e. The Morgan fingerprint density at radius 3 is 2.86 bits per heavy atom. The van der Waals surface area contributed by atoms with Crippen LogP contribution in [0.15, 0.2) is 45.9 Å². The van der Waals surface area contributed by atoms with Gasteiger partial charge in [0.1, 0.15) is 5.82 Å². The summed E-state index contributed by atoms with van der Waals surface area (Å²) in [7, 11) is 1.78. The zero-order valence-corrected chi connectivity index (χ0v) is 15.3. The molecule has 22 heavy (non-hydrogen) atoms. The van der Waals surface area contributed by atoms with E-state index in [4.69, 9.17) is 11.6 Å². The fourth-order valence-electron chi connectivity index (χ4n) is 1.92. The number of rotatable bonds is 5. The van der Waals surface area contributed by atoms with E-state index in [1.54, 1.807) is 36.0 Å². The van der Waals surface area contributed by atoms with Crippen LogP contribution >= 0.6 is 39.3 Å². The first-order valence-corrected chi connectivity index (χ1v) is 8.86. The van der Waals surface area contributed by atoms with Gasteiger partial charge in [-0.15, -0.1) is 11.8 Å². The summed E-state index contributed by atoms with van der Waals surface area (Å²) < 4.78 is 0.799. The Bertz CT molecular complexity index is 684. The van der Waals surface area contributed by atoms with Gasteiger partial charge in [0, 0.05) is 22.6 Å². The van der Waals surface area contributed by atoms with E-state index in [1.807, 2.05) is 30.5 Å². The third-order valence-corrected chi connectivity index (χ3v) is 4.42. The number of carbonyl (C=O) groups is 1. The van der Waals surface area contributed by atoms with E-state index >= 15 is 0 Å². The number of thioether (sulfide) groups is 1. The zero-order chi connectivity index (χ0) is 16.1. The minimum atomic E-state index is -0.121. The van der Waals surface area contributed by atoms with Crippen molar-refractivity contribution < 1.29 is 4.79 Å². The molecule has 0 atom stereocenters. The second-order valence-corrected chi connectivity index (χ2v) is 6.73. The lowest BCUT2D eigenvalue weighted by Crippen LogP contribution is -2.30. The Hall–Kier alpha value is -1.24. The van der Waals surface area contributed by atoms with Crippen LogP contribution in [-0.2, 0) is 4.79 Å². The molecular formula is C15H15BrClN3OS. The predicted molar refractivity (Wildman–Crippen MR) is 97.1 cm³/mol. The van der Waals surface area contributed by atoms with Crippen LogP contribution in [0.4, 0.5) is 11.5 Å². The molecular weight excluding hydrogens is 386 g/mol. The van der Waals surface area contributed by atoms with Crippen molar-refractivity contribution in [2.75, 3.05) is 30.1 Å². The quantitative estimate of drug-likeness (QED) is 0.760. The maximum Gasteiger partial charge on any atom is 0.243 e. The molecule has 0 aliphatic heterocycles. The second kappa shape index (κ2) is 7.85. The van der Waals surface area contributed by atoms with Gasteiger partial charge in [-0.2, -0.15) is 0 Å². The molecule has 1 N–H and O–H groups in total. The highest BCUT2D eigenvalue weighted by molar-refractivity contribution is 9.10. The van der Waals surface area contributed by atoms with Crippen molar-refractivity contribution in [1.82, 2.24) is 4.98 Å². The van der Waals surface area contributed by atoms with Crippen molar-refractivity contribution in [1.29, 1.82) is 0 Å². The maximum atomic E-state index is 12.2. The number of carbonyl (C=O) groups excluding carboxylic acids is 1. The average Bonchev–Trinajstić information content (AvgIpc) is 2.47. The summed E-state index contributed by atoms with van der Waals surface area (Å²) in [6.07, 6.45) is 3.63. The first-order valence-electron chi connectivity index (χ1n) is 6.46. The molecule has 1 amide bonds. The number of likely N-dealkylation sites (N-methyl/N-ethyl adjacent to an activating group) is 1. The lowest BCUT2D eigenvalue weighted by atomic mass is 10.3. The van der Waals surface area contributed by atoms with Crippen molar-refractivity contribution in [2.45, 2.75) is 4.90 Å². The van der Waals surface area contributed by atoms with E-state index in [2.05, 4.69) is 26.2 Å². The molecule has 1 aromatic heterocycles. The van der Waals surface area contributed by atoms with Gasteiger partial charge < -0.3 is 10.2 Å². The number of benzene rings is 1. The van der Waals surface area contributed by atoms with Crippen LogP contribution < -0.4 is 10.2 Å². The number of aromatic nitrogens is 1. The van der Waals surface area contributed by atoms with Crippen LogP contribution in [0.5, 0.6) is 0 Å². The molecule has 7 heteroatoms. The first kappa shape index (κ1) is 17.1. The van der Waals surface area contributed by atoms with Crippen molar-refractivity contribution in [3.63, 3.8) is 0 Å². The molecule has 0 fully saturated rings. The number of hydrogen-bond donors (Lipinski definition) is 1. The molecule has 1 heterocycles. The van der Waals surface area contributed by atoms with Gasteiger partial charge in [0.15, 0.2) is 0 Å². The Labute approximate surface area is 147 Å². The first-order chi connectivity index (χ1) is 10.5. The van der Waals surface area contributed by atoms with Crippen LogP contribution in [0.1, 0.15) is 0 Å². The van der Waals surface area contributed by atoms with Gasteiger partial charge in [-0.1, -0.05) is 23.7 Å². The van der Waals surface area contributed by atoms with E-state index in [-0.39, 0.29) is 12.5 Å². The van der Waals surface area contributed by atoms with Crippen LogP contribution in [0, 0.1) is 0 Å². The highest BCUT2D eigenvalue weighted by Gasteiger charge is 2.13. The Morgan fingerprint density at radius 1 is 1.45 bits per heavy atom. The van der Waals surface area contributed by atoms with Crippen LogP contribution in [0.2, 0.25) is 5.02 Å². The van der Waals surface area contributed by atoms with Gasteiger partial charge in [-0.05, 0) is 40.4 Å². The molecule has 1 aromatic carbocycles. The van der Waals surface area contributed by atoms with E-state index < -0.39 is 0 Å². The summed E-state index contributed by atoms with van der Waals surface area (Å²) in [5, 5.41) is 3.41.